The van der Waals surface area contributed by atoms with Crippen LogP contribution in [-0.4, -0.2) is 37.2 Å². The highest BCUT2D eigenvalue weighted by Crippen LogP contribution is 2.20. The summed E-state index contributed by atoms with van der Waals surface area (Å²) in [5, 5.41) is 17.5. The molecular formula is C9H11N5O2. The second kappa shape index (κ2) is 4.23. The van der Waals surface area contributed by atoms with Crippen LogP contribution < -0.4 is 4.74 Å². The fourth-order valence-electron chi connectivity index (χ4n) is 1.31. The van der Waals surface area contributed by atoms with E-state index in [0.717, 1.165) is 0 Å². The van der Waals surface area contributed by atoms with Gasteiger partial charge in [0.15, 0.2) is 0 Å². The van der Waals surface area contributed by atoms with Crippen LogP contribution in [0, 0.1) is 0 Å². The van der Waals surface area contributed by atoms with E-state index in [1.165, 1.54) is 24.3 Å². The number of aryl methyl sites for hydroxylation is 1. The van der Waals surface area contributed by atoms with Crippen molar-refractivity contribution in [2.75, 3.05) is 7.11 Å². The zero-order valence-electron chi connectivity index (χ0n) is 8.90. The van der Waals surface area contributed by atoms with Crippen LogP contribution in [0.25, 0.3) is 0 Å². The van der Waals surface area contributed by atoms with E-state index >= 15 is 0 Å². The van der Waals surface area contributed by atoms with Gasteiger partial charge in [0.05, 0.1) is 24.7 Å². The summed E-state index contributed by atoms with van der Waals surface area (Å²) in [4.78, 5) is 7.84. The molecule has 0 bridgehead atoms. The fraction of sp³-hybridized carbons (Fsp3) is 0.333. The number of hydrogen-bond donors (Lipinski definition) is 1. The van der Waals surface area contributed by atoms with Crippen molar-refractivity contribution in [1.82, 2.24) is 25.0 Å². The second-order valence-electron chi connectivity index (χ2n) is 3.17. The molecule has 0 aliphatic heterocycles. The van der Waals surface area contributed by atoms with Gasteiger partial charge in [0.25, 0.3) is 0 Å². The monoisotopic (exact) mass is 221 g/mol. The Balaban J connectivity index is 2.33. The molecule has 1 N–H and O–H groups in total. The number of aliphatic hydroxyl groups excluding tert-OH is 1. The Morgan fingerprint density at radius 2 is 2.25 bits per heavy atom. The third kappa shape index (κ3) is 1.84. The van der Waals surface area contributed by atoms with Crippen molar-refractivity contribution in [2.24, 2.45) is 7.05 Å². The Hall–Kier alpha value is -2.02. The first kappa shape index (κ1) is 10.5. The van der Waals surface area contributed by atoms with Crippen LogP contribution >= 0.6 is 0 Å². The van der Waals surface area contributed by atoms with Crippen molar-refractivity contribution in [3.63, 3.8) is 0 Å². The summed E-state index contributed by atoms with van der Waals surface area (Å²) in [5.41, 5.74) is 0.998. The van der Waals surface area contributed by atoms with E-state index in [4.69, 9.17) is 4.74 Å². The quantitative estimate of drug-likeness (QED) is 0.765. The van der Waals surface area contributed by atoms with Crippen LogP contribution in [0.15, 0.2) is 18.6 Å². The Kier molecular flexibility index (Phi) is 2.78. The average Bonchev–Trinajstić information content (AvgIpc) is 2.74. The molecule has 16 heavy (non-hydrogen) atoms. The maximum atomic E-state index is 10.0. The lowest BCUT2D eigenvalue weighted by Gasteiger charge is -2.09. The number of aromatic nitrogens is 5. The molecule has 0 aliphatic rings. The van der Waals surface area contributed by atoms with Gasteiger partial charge in [0, 0.05) is 13.1 Å². The molecule has 2 heterocycles. The third-order valence-electron chi connectivity index (χ3n) is 2.18. The van der Waals surface area contributed by atoms with Crippen molar-refractivity contribution in [3.05, 3.63) is 30.0 Å². The largest absolute Gasteiger partial charge is 0.481 e. The molecule has 2 rings (SSSR count). The van der Waals surface area contributed by atoms with E-state index < -0.39 is 6.10 Å². The summed E-state index contributed by atoms with van der Waals surface area (Å²) in [7, 11) is 3.20. The van der Waals surface area contributed by atoms with Gasteiger partial charge in [0.2, 0.25) is 5.88 Å². The summed E-state index contributed by atoms with van der Waals surface area (Å²) in [5.74, 6) is 0.402. The van der Waals surface area contributed by atoms with E-state index in [1.807, 2.05) is 0 Å². The Bertz CT molecular complexity index is 484. The molecule has 7 heteroatoms. The Labute approximate surface area is 91.7 Å². The molecule has 0 aliphatic carbocycles. The van der Waals surface area contributed by atoms with E-state index in [2.05, 4.69) is 20.3 Å². The lowest BCUT2D eigenvalue weighted by Crippen LogP contribution is -2.08. The molecule has 1 atom stereocenters. The molecule has 7 nitrogen and oxygen atoms in total. The third-order valence-corrected chi connectivity index (χ3v) is 2.18. The average molecular weight is 221 g/mol. The number of methoxy groups -OCH3 is 1. The van der Waals surface area contributed by atoms with E-state index in [-0.39, 0.29) is 0 Å². The van der Waals surface area contributed by atoms with E-state index in [1.54, 1.807) is 13.1 Å². The number of rotatable bonds is 3. The first-order chi connectivity index (χ1) is 7.72. The van der Waals surface area contributed by atoms with Crippen LogP contribution in [0.3, 0.4) is 0 Å². The minimum Gasteiger partial charge on any atom is -0.481 e. The SMILES string of the molecule is COc1cc(C(O)c2cnnn2C)ncn1. The maximum absolute atomic E-state index is 10.0. The lowest BCUT2D eigenvalue weighted by atomic mass is 10.2. The lowest BCUT2D eigenvalue weighted by molar-refractivity contribution is 0.204. The predicted octanol–water partition coefficient (Wildman–Crippen LogP) is -0.305. The maximum Gasteiger partial charge on any atom is 0.216 e. The molecule has 0 aromatic carbocycles. The molecule has 2 aromatic rings. The summed E-state index contributed by atoms with van der Waals surface area (Å²) >= 11 is 0. The van der Waals surface area contributed by atoms with Crippen LogP contribution in [0.5, 0.6) is 5.88 Å². The molecule has 0 amide bonds. The topological polar surface area (TPSA) is 86.0 Å². The van der Waals surface area contributed by atoms with Gasteiger partial charge in [-0.1, -0.05) is 5.21 Å². The van der Waals surface area contributed by atoms with E-state index in [9.17, 15) is 5.11 Å². The van der Waals surface area contributed by atoms with Crippen molar-refractivity contribution in [2.45, 2.75) is 6.10 Å². The molecule has 84 valence electrons. The predicted molar refractivity (Wildman–Crippen MR) is 53.6 cm³/mol. The second-order valence-corrected chi connectivity index (χ2v) is 3.17. The normalized spacial score (nSPS) is 12.4. The molecule has 0 saturated heterocycles. The van der Waals surface area contributed by atoms with Gasteiger partial charge >= 0.3 is 0 Å². The first-order valence-electron chi connectivity index (χ1n) is 4.61. The summed E-state index contributed by atoms with van der Waals surface area (Å²) in [6.07, 6.45) is 1.93. The first-order valence-corrected chi connectivity index (χ1v) is 4.61. The fourth-order valence-corrected chi connectivity index (χ4v) is 1.31. The van der Waals surface area contributed by atoms with Crippen LogP contribution in [-0.2, 0) is 7.05 Å². The molecule has 0 saturated carbocycles. The van der Waals surface area contributed by atoms with Gasteiger partial charge < -0.3 is 9.84 Å². The zero-order chi connectivity index (χ0) is 11.5. The summed E-state index contributed by atoms with van der Waals surface area (Å²) in [6.45, 7) is 0. The van der Waals surface area contributed by atoms with Crippen molar-refractivity contribution in [1.29, 1.82) is 0 Å². The highest BCUT2D eigenvalue weighted by Gasteiger charge is 2.16. The summed E-state index contributed by atoms with van der Waals surface area (Å²) in [6, 6.07) is 1.57. The highest BCUT2D eigenvalue weighted by molar-refractivity contribution is 5.21. The standard InChI is InChI=1S/C9H11N5O2/c1-14-7(4-12-13-14)9(15)6-3-8(16-2)11-5-10-6/h3-5,9,15H,1-2H3. The van der Waals surface area contributed by atoms with Gasteiger partial charge in [-0.25, -0.2) is 14.6 Å². The summed E-state index contributed by atoms with van der Waals surface area (Å²) < 4.78 is 6.44. The van der Waals surface area contributed by atoms with Gasteiger partial charge in [-0.2, -0.15) is 0 Å². The Morgan fingerprint density at radius 3 is 2.88 bits per heavy atom. The number of aliphatic hydroxyl groups is 1. The minimum absolute atomic E-state index is 0.402. The van der Waals surface area contributed by atoms with Crippen molar-refractivity contribution in [3.8, 4) is 5.88 Å². The molecule has 0 fully saturated rings. The van der Waals surface area contributed by atoms with Gasteiger partial charge in [0.1, 0.15) is 12.4 Å². The molecule has 2 aromatic heterocycles. The van der Waals surface area contributed by atoms with E-state index in [0.29, 0.717) is 17.3 Å². The molecule has 0 radical (unpaired) electrons. The molecule has 1 unspecified atom stereocenters. The van der Waals surface area contributed by atoms with Crippen molar-refractivity contribution >= 4 is 0 Å². The van der Waals surface area contributed by atoms with Crippen LogP contribution in [0.1, 0.15) is 17.5 Å². The molecule has 0 spiro atoms. The number of hydrogen-bond acceptors (Lipinski definition) is 6. The van der Waals surface area contributed by atoms with Gasteiger partial charge in [-0.15, -0.1) is 5.10 Å². The number of nitrogens with zero attached hydrogens (tertiary/aromatic N) is 5. The van der Waals surface area contributed by atoms with Gasteiger partial charge in [-0.3, -0.25) is 0 Å². The minimum atomic E-state index is -0.892. The van der Waals surface area contributed by atoms with Crippen LogP contribution in [0.4, 0.5) is 0 Å². The number of ether oxygens (including phenoxy) is 1. The highest BCUT2D eigenvalue weighted by atomic mass is 16.5. The van der Waals surface area contributed by atoms with Gasteiger partial charge in [-0.05, 0) is 0 Å². The zero-order valence-corrected chi connectivity index (χ0v) is 8.90. The smallest absolute Gasteiger partial charge is 0.216 e. The Morgan fingerprint density at radius 1 is 1.44 bits per heavy atom. The van der Waals surface area contributed by atoms with Crippen molar-refractivity contribution < 1.29 is 9.84 Å². The van der Waals surface area contributed by atoms with Crippen LogP contribution in [0.2, 0.25) is 0 Å². The molecular weight excluding hydrogens is 210 g/mol.